The van der Waals surface area contributed by atoms with Crippen molar-refractivity contribution in [3.63, 3.8) is 0 Å². The fraction of sp³-hybridized carbons (Fsp3) is 0.412. The van der Waals surface area contributed by atoms with E-state index >= 15 is 0 Å². The largest absolute Gasteiger partial charge is 0.366 e. The maximum Gasteiger partial charge on any atom is 0.248 e. The molecule has 1 aromatic carbocycles. The Morgan fingerprint density at radius 1 is 1.32 bits per heavy atom. The monoisotopic (exact) mass is 348 g/mol. The Labute approximate surface area is 144 Å². The standard InChI is InChI=1S/C17H21FN4O3/c1-9-11(18)7-10(15(19)24)8-12(9)20-13(23)5-6-14-21-16(22-25-14)17(2,3)4/h7-8H,5-6H2,1-4H3,(H2,19,24)(H,20,23). The van der Waals surface area contributed by atoms with Crippen LogP contribution in [0.1, 0.15) is 54.8 Å². The lowest BCUT2D eigenvalue weighted by Crippen LogP contribution is -2.17. The minimum atomic E-state index is -0.769. The van der Waals surface area contributed by atoms with Crippen LogP contribution in [0.15, 0.2) is 16.7 Å². The molecule has 0 radical (unpaired) electrons. The Bertz CT molecular complexity index is 809. The number of rotatable bonds is 5. The molecule has 0 saturated heterocycles. The molecule has 2 aromatic rings. The quantitative estimate of drug-likeness (QED) is 0.862. The van der Waals surface area contributed by atoms with Gasteiger partial charge in [0, 0.05) is 35.1 Å². The van der Waals surface area contributed by atoms with Gasteiger partial charge in [0.15, 0.2) is 5.82 Å². The van der Waals surface area contributed by atoms with Gasteiger partial charge < -0.3 is 15.6 Å². The molecule has 8 heteroatoms. The first-order valence-corrected chi connectivity index (χ1v) is 7.81. The molecule has 7 nitrogen and oxygen atoms in total. The van der Waals surface area contributed by atoms with Crippen LogP contribution in [-0.2, 0) is 16.6 Å². The lowest BCUT2D eigenvalue weighted by atomic mass is 9.96. The molecule has 2 rings (SSSR count). The second-order valence-corrected chi connectivity index (χ2v) is 6.80. The number of benzene rings is 1. The number of hydrogen-bond acceptors (Lipinski definition) is 5. The Balaban J connectivity index is 2.03. The molecule has 0 aliphatic heterocycles. The number of aromatic nitrogens is 2. The van der Waals surface area contributed by atoms with Crippen LogP contribution in [0.3, 0.4) is 0 Å². The summed E-state index contributed by atoms with van der Waals surface area (Å²) < 4.78 is 18.9. The lowest BCUT2D eigenvalue weighted by Gasteiger charge is -2.11. The van der Waals surface area contributed by atoms with Crippen molar-refractivity contribution in [3.8, 4) is 0 Å². The highest BCUT2D eigenvalue weighted by molar-refractivity contribution is 5.97. The summed E-state index contributed by atoms with van der Waals surface area (Å²) in [5.41, 5.74) is 5.34. The van der Waals surface area contributed by atoms with Gasteiger partial charge in [-0.25, -0.2) is 4.39 Å². The van der Waals surface area contributed by atoms with Crippen molar-refractivity contribution in [2.45, 2.75) is 46.0 Å². The van der Waals surface area contributed by atoms with Crippen LogP contribution in [0.25, 0.3) is 0 Å². The molecular weight excluding hydrogens is 327 g/mol. The molecule has 25 heavy (non-hydrogen) atoms. The van der Waals surface area contributed by atoms with E-state index in [4.69, 9.17) is 10.3 Å². The van der Waals surface area contributed by atoms with E-state index in [1.807, 2.05) is 20.8 Å². The van der Waals surface area contributed by atoms with Crippen LogP contribution in [-0.4, -0.2) is 22.0 Å². The van der Waals surface area contributed by atoms with Crippen molar-refractivity contribution in [1.29, 1.82) is 0 Å². The lowest BCUT2D eigenvalue weighted by molar-refractivity contribution is -0.116. The summed E-state index contributed by atoms with van der Waals surface area (Å²) in [5.74, 6) is -0.822. The summed E-state index contributed by atoms with van der Waals surface area (Å²) in [6.45, 7) is 7.37. The maximum absolute atomic E-state index is 13.8. The molecule has 134 valence electrons. The molecule has 2 amide bonds. The van der Waals surface area contributed by atoms with E-state index in [0.29, 0.717) is 11.7 Å². The number of carbonyl (C=O) groups is 2. The SMILES string of the molecule is Cc1c(F)cc(C(N)=O)cc1NC(=O)CCc1nc(C(C)(C)C)no1. The molecule has 0 saturated carbocycles. The summed E-state index contributed by atoms with van der Waals surface area (Å²) in [4.78, 5) is 27.6. The highest BCUT2D eigenvalue weighted by Gasteiger charge is 2.21. The Morgan fingerprint density at radius 3 is 2.56 bits per heavy atom. The van der Waals surface area contributed by atoms with E-state index in [1.165, 1.54) is 13.0 Å². The molecule has 1 aromatic heterocycles. The number of nitrogens with one attached hydrogen (secondary N) is 1. The number of anilines is 1. The molecule has 1 heterocycles. The number of primary amides is 1. The zero-order valence-corrected chi connectivity index (χ0v) is 14.6. The number of amides is 2. The van der Waals surface area contributed by atoms with E-state index in [9.17, 15) is 14.0 Å². The topological polar surface area (TPSA) is 111 Å². The van der Waals surface area contributed by atoms with Crippen LogP contribution in [0.2, 0.25) is 0 Å². The van der Waals surface area contributed by atoms with Gasteiger partial charge in [-0.3, -0.25) is 9.59 Å². The van der Waals surface area contributed by atoms with Gasteiger partial charge in [-0.2, -0.15) is 4.98 Å². The number of aryl methyl sites for hydroxylation is 1. The van der Waals surface area contributed by atoms with Gasteiger partial charge in [0.25, 0.3) is 0 Å². The van der Waals surface area contributed by atoms with E-state index < -0.39 is 11.7 Å². The highest BCUT2D eigenvalue weighted by atomic mass is 19.1. The van der Waals surface area contributed by atoms with Crippen molar-refractivity contribution < 1.29 is 18.5 Å². The van der Waals surface area contributed by atoms with Gasteiger partial charge in [0.2, 0.25) is 17.7 Å². The van der Waals surface area contributed by atoms with Crippen LogP contribution in [0.4, 0.5) is 10.1 Å². The van der Waals surface area contributed by atoms with Crippen LogP contribution in [0.5, 0.6) is 0 Å². The Morgan fingerprint density at radius 2 is 2.00 bits per heavy atom. The minimum Gasteiger partial charge on any atom is -0.366 e. The normalized spacial score (nSPS) is 11.4. The van der Waals surface area contributed by atoms with Crippen LogP contribution < -0.4 is 11.1 Å². The number of nitrogens with two attached hydrogens (primary N) is 1. The smallest absolute Gasteiger partial charge is 0.248 e. The van der Waals surface area contributed by atoms with Gasteiger partial charge in [-0.1, -0.05) is 25.9 Å². The molecule has 0 aliphatic carbocycles. The van der Waals surface area contributed by atoms with Crippen LogP contribution in [0, 0.1) is 12.7 Å². The molecule has 0 spiro atoms. The predicted octanol–water partition coefficient (Wildman–Crippen LogP) is 2.48. The fourth-order valence-corrected chi connectivity index (χ4v) is 2.05. The molecule has 0 aliphatic rings. The van der Waals surface area contributed by atoms with Crippen molar-refractivity contribution in [2.75, 3.05) is 5.32 Å². The zero-order chi connectivity index (χ0) is 18.8. The molecule has 0 unspecified atom stereocenters. The highest BCUT2D eigenvalue weighted by Crippen LogP contribution is 2.21. The zero-order valence-electron chi connectivity index (χ0n) is 14.6. The molecule has 3 N–H and O–H groups in total. The molecular formula is C17H21FN4O3. The number of halogens is 1. The number of carbonyl (C=O) groups excluding carboxylic acids is 2. The van der Waals surface area contributed by atoms with Crippen molar-refractivity contribution in [3.05, 3.63) is 40.8 Å². The van der Waals surface area contributed by atoms with Crippen molar-refractivity contribution in [1.82, 2.24) is 10.1 Å². The summed E-state index contributed by atoms with van der Waals surface area (Å²) in [5, 5.41) is 6.46. The third kappa shape index (κ3) is 4.62. The van der Waals surface area contributed by atoms with Crippen molar-refractivity contribution >= 4 is 17.5 Å². The first-order chi connectivity index (χ1) is 11.6. The Hall–Kier alpha value is -2.77. The van der Waals surface area contributed by atoms with E-state index in [1.54, 1.807) is 0 Å². The maximum atomic E-state index is 13.8. The summed E-state index contributed by atoms with van der Waals surface area (Å²) in [6, 6.07) is 2.39. The third-order valence-corrected chi connectivity index (χ3v) is 3.61. The average Bonchev–Trinajstić information content (AvgIpc) is 2.98. The first kappa shape index (κ1) is 18.6. The predicted molar refractivity (Wildman–Crippen MR) is 89.6 cm³/mol. The molecule has 0 bridgehead atoms. The summed E-state index contributed by atoms with van der Waals surface area (Å²) >= 11 is 0. The van der Waals surface area contributed by atoms with Crippen molar-refractivity contribution in [2.24, 2.45) is 5.73 Å². The van der Waals surface area contributed by atoms with Gasteiger partial charge in [0.1, 0.15) is 5.82 Å². The Kier molecular flexibility index (Phi) is 5.20. The number of nitrogens with zero attached hydrogens (tertiary/aromatic N) is 2. The first-order valence-electron chi connectivity index (χ1n) is 7.81. The van der Waals surface area contributed by atoms with Gasteiger partial charge in [-0.15, -0.1) is 0 Å². The average molecular weight is 348 g/mol. The fourth-order valence-electron chi connectivity index (χ4n) is 2.05. The van der Waals surface area contributed by atoms with Gasteiger partial charge in [-0.05, 0) is 19.1 Å². The molecule has 0 fully saturated rings. The third-order valence-electron chi connectivity index (χ3n) is 3.61. The summed E-state index contributed by atoms with van der Waals surface area (Å²) in [6.07, 6.45) is 0.333. The minimum absolute atomic E-state index is 0.00915. The molecule has 0 atom stereocenters. The number of hydrogen-bond donors (Lipinski definition) is 2. The second-order valence-electron chi connectivity index (χ2n) is 6.80. The van der Waals surface area contributed by atoms with Gasteiger partial charge in [0.05, 0.1) is 0 Å². The van der Waals surface area contributed by atoms with E-state index in [-0.39, 0.29) is 41.0 Å². The van der Waals surface area contributed by atoms with E-state index in [2.05, 4.69) is 15.5 Å². The van der Waals surface area contributed by atoms with E-state index in [0.717, 1.165) is 6.07 Å². The van der Waals surface area contributed by atoms with Crippen LogP contribution >= 0.6 is 0 Å². The summed E-state index contributed by atoms with van der Waals surface area (Å²) in [7, 11) is 0. The second kappa shape index (κ2) is 7.00. The van der Waals surface area contributed by atoms with Gasteiger partial charge >= 0.3 is 0 Å².